The molecule has 0 saturated carbocycles. The molecule has 0 unspecified atom stereocenters. The number of carboxylic acids is 1. The molecule has 0 fully saturated rings. The summed E-state index contributed by atoms with van der Waals surface area (Å²) in [6, 6.07) is 12.3. The molecule has 0 radical (unpaired) electrons. The fourth-order valence-corrected chi connectivity index (χ4v) is 1.89. The van der Waals surface area contributed by atoms with Gasteiger partial charge in [-0.3, -0.25) is 0 Å². The van der Waals surface area contributed by atoms with E-state index in [4.69, 9.17) is 15.6 Å². The van der Waals surface area contributed by atoms with Crippen LogP contribution in [-0.4, -0.2) is 11.1 Å². The minimum Gasteiger partial charge on any atom is -0.487 e. The lowest BCUT2D eigenvalue weighted by molar-refractivity contribution is 0.0696. The molecule has 2 rings (SSSR count). The molecular weight excluding hydrogens is 357 g/mol. The Bertz CT molecular complexity index is 596. The van der Waals surface area contributed by atoms with Crippen LogP contribution in [-0.2, 0) is 6.61 Å². The number of anilines is 1. The summed E-state index contributed by atoms with van der Waals surface area (Å²) in [4.78, 5) is 10.9. The van der Waals surface area contributed by atoms with Gasteiger partial charge in [-0.05, 0) is 58.5 Å². The van der Waals surface area contributed by atoms with E-state index in [0.717, 1.165) is 9.13 Å². The zero-order chi connectivity index (χ0) is 13.8. The lowest BCUT2D eigenvalue weighted by Gasteiger charge is -2.09. The third-order valence-electron chi connectivity index (χ3n) is 2.57. The van der Waals surface area contributed by atoms with E-state index in [-0.39, 0.29) is 5.56 Å². The maximum atomic E-state index is 10.9. The molecule has 0 heterocycles. The number of hydrogen-bond acceptors (Lipinski definition) is 3. The molecule has 0 aromatic heterocycles. The van der Waals surface area contributed by atoms with E-state index in [1.807, 2.05) is 24.3 Å². The Morgan fingerprint density at radius 3 is 2.53 bits per heavy atom. The highest BCUT2D eigenvalue weighted by Gasteiger charge is 2.07. The van der Waals surface area contributed by atoms with Crippen molar-refractivity contribution in [2.24, 2.45) is 0 Å². The van der Waals surface area contributed by atoms with Crippen molar-refractivity contribution in [3.05, 3.63) is 57.2 Å². The third kappa shape index (κ3) is 3.60. The number of nitrogen functional groups attached to an aromatic ring is 1. The molecule has 2 aromatic rings. The first-order valence-corrected chi connectivity index (χ1v) is 6.64. The van der Waals surface area contributed by atoms with Gasteiger partial charge in [-0.15, -0.1) is 0 Å². The summed E-state index contributed by atoms with van der Waals surface area (Å²) in [5, 5.41) is 8.92. The summed E-state index contributed by atoms with van der Waals surface area (Å²) in [5.74, 6) is -0.613. The van der Waals surface area contributed by atoms with Crippen molar-refractivity contribution in [3.8, 4) is 5.75 Å². The van der Waals surface area contributed by atoms with E-state index >= 15 is 0 Å². The molecule has 19 heavy (non-hydrogen) atoms. The van der Waals surface area contributed by atoms with Crippen molar-refractivity contribution in [1.29, 1.82) is 0 Å². The third-order valence-corrected chi connectivity index (χ3v) is 3.29. The van der Waals surface area contributed by atoms with Crippen LogP contribution >= 0.6 is 22.6 Å². The van der Waals surface area contributed by atoms with Gasteiger partial charge in [0.1, 0.15) is 12.4 Å². The van der Waals surface area contributed by atoms with Crippen molar-refractivity contribution >= 4 is 34.2 Å². The van der Waals surface area contributed by atoms with Crippen LogP contribution in [0.5, 0.6) is 5.75 Å². The van der Waals surface area contributed by atoms with Gasteiger partial charge < -0.3 is 15.6 Å². The molecule has 0 atom stereocenters. The molecule has 98 valence electrons. The second-order valence-corrected chi connectivity index (χ2v) is 5.22. The number of carbonyl (C=O) groups is 1. The van der Waals surface area contributed by atoms with E-state index in [0.29, 0.717) is 18.0 Å². The van der Waals surface area contributed by atoms with Gasteiger partial charge >= 0.3 is 5.97 Å². The first-order valence-electron chi connectivity index (χ1n) is 5.56. The van der Waals surface area contributed by atoms with Crippen LogP contribution in [0.3, 0.4) is 0 Å². The SMILES string of the molecule is Nc1ccc(C(=O)O)cc1OCc1ccc(I)cc1. The highest BCUT2D eigenvalue weighted by atomic mass is 127. The molecule has 0 bridgehead atoms. The van der Waals surface area contributed by atoms with E-state index < -0.39 is 5.97 Å². The van der Waals surface area contributed by atoms with Crippen molar-refractivity contribution in [2.75, 3.05) is 5.73 Å². The number of ether oxygens (including phenoxy) is 1. The molecule has 2 aromatic carbocycles. The van der Waals surface area contributed by atoms with Gasteiger partial charge in [0.2, 0.25) is 0 Å². The van der Waals surface area contributed by atoms with Crippen molar-refractivity contribution < 1.29 is 14.6 Å². The van der Waals surface area contributed by atoms with Gasteiger partial charge in [-0.1, -0.05) is 12.1 Å². The lowest BCUT2D eigenvalue weighted by atomic mass is 10.2. The molecule has 4 nitrogen and oxygen atoms in total. The predicted octanol–water partition coefficient (Wildman–Crippen LogP) is 3.15. The Balaban J connectivity index is 2.12. The largest absolute Gasteiger partial charge is 0.487 e. The summed E-state index contributed by atoms with van der Waals surface area (Å²) in [7, 11) is 0. The Kier molecular flexibility index (Phi) is 4.26. The van der Waals surface area contributed by atoms with Gasteiger partial charge in [0.15, 0.2) is 0 Å². The van der Waals surface area contributed by atoms with Crippen molar-refractivity contribution in [1.82, 2.24) is 0 Å². The fraction of sp³-hybridized carbons (Fsp3) is 0.0714. The number of hydrogen-bond donors (Lipinski definition) is 2. The van der Waals surface area contributed by atoms with Crippen molar-refractivity contribution in [3.63, 3.8) is 0 Å². The van der Waals surface area contributed by atoms with Crippen LogP contribution in [0.1, 0.15) is 15.9 Å². The number of aromatic carboxylic acids is 1. The Labute approximate surface area is 124 Å². The highest BCUT2D eigenvalue weighted by molar-refractivity contribution is 14.1. The van der Waals surface area contributed by atoms with E-state index in [2.05, 4.69) is 22.6 Å². The van der Waals surface area contributed by atoms with Gasteiger partial charge in [-0.2, -0.15) is 0 Å². The van der Waals surface area contributed by atoms with E-state index in [1.165, 1.54) is 18.2 Å². The van der Waals surface area contributed by atoms with Crippen LogP contribution in [0.2, 0.25) is 0 Å². The molecule has 5 heteroatoms. The maximum Gasteiger partial charge on any atom is 0.335 e. The normalized spacial score (nSPS) is 10.2. The predicted molar refractivity (Wildman–Crippen MR) is 81.3 cm³/mol. The van der Waals surface area contributed by atoms with Crippen LogP contribution in [0.4, 0.5) is 5.69 Å². The highest BCUT2D eigenvalue weighted by Crippen LogP contribution is 2.24. The summed E-state index contributed by atoms with van der Waals surface area (Å²) in [6.07, 6.45) is 0. The summed E-state index contributed by atoms with van der Waals surface area (Å²) in [5.41, 5.74) is 7.34. The minimum atomic E-state index is -1.00. The molecule has 0 saturated heterocycles. The molecule has 3 N–H and O–H groups in total. The zero-order valence-electron chi connectivity index (χ0n) is 9.97. The molecule has 0 aliphatic carbocycles. The number of nitrogens with two attached hydrogens (primary N) is 1. The smallest absolute Gasteiger partial charge is 0.335 e. The first-order chi connectivity index (χ1) is 9.06. The first kappa shape index (κ1) is 13.7. The van der Waals surface area contributed by atoms with E-state index in [9.17, 15) is 4.79 Å². The topological polar surface area (TPSA) is 72.6 Å². The summed E-state index contributed by atoms with van der Waals surface area (Å²) < 4.78 is 6.71. The molecule has 0 aliphatic rings. The lowest BCUT2D eigenvalue weighted by Crippen LogP contribution is -2.02. The number of halogens is 1. The van der Waals surface area contributed by atoms with Crippen LogP contribution in [0.25, 0.3) is 0 Å². The van der Waals surface area contributed by atoms with Crippen LogP contribution in [0.15, 0.2) is 42.5 Å². The maximum absolute atomic E-state index is 10.9. The van der Waals surface area contributed by atoms with Crippen molar-refractivity contribution in [2.45, 2.75) is 6.61 Å². The second kappa shape index (κ2) is 5.92. The zero-order valence-corrected chi connectivity index (χ0v) is 12.1. The number of rotatable bonds is 4. The Morgan fingerprint density at radius 1 is 1.21 bits per heavy atom. The minimum absolute atomic E-state index is 0.159. The van der Waals surface area contributed by atoms with Gasteiger partial charge in [-0.25, -0.2) is 4.79 Å². The van der Waals surface area contributed by atoms with Crippen LogP contribution in [0, 0.1) is 3.57 Å². The van der Waals surface area contributed by atoms with Gasteiger partial charge in [0.25, 0.3) is 0 Å². The monoisotopic (exact) mass is 369 g/mol. The molecule has 0 amide bonds. The standard InChI is InChI=1S/C14H12INO3/c15-11-4-1-9(2-5-11)8-19-13-7-10(14(17)18)3-6-12(13)16/h1-7H,8,16H2,(H,17,18). The molecule has 0 spiro atoms. The Morgan fingerprint density at radius 2 is 1.89 bits per heavy atom. The van der Waals surface area contributed by atoms with Gasteiger partial charge in [0.05, 0.1) is 11.3 Å². The fourth-order valence-electron chi connectivity index (χ4n) is 1.53. The average Bonchev–Trinajstić information content (AvgIpc) is 2.39. The molecular formula is C14H12INO3. The number of benzene rings is 2. The summed E-state index contributed by atoms with van der Waals surface area (Å²) >= 11 is 2.23. The Hall–Kier alpha value is -1.76. The second-order valence-electron chi connectivity index (χ2n) is 3.97. The quantitative estimate of drug-likeness (QED) is 0.642. The molecule has 0 aliphatic heterocycles. The average molecular weight is 369 g/mol. The van der Waals surface area contributed by atoms with E-state index in [1.54, 1.807) is 0 Å². The van der Waals surface area contributed by atoms with Gasteiger partial charge in [0, 0.05) is 3.57 Å². The summed E-state index contributed by atoms with van der Waals surface area (Å²) in [6.45, 7) is 0.351. The van der Waals surface area contributed by atoms with Crippen LogP contribution < -0.4 is 10.5 Å². The number of carboxylic acid groups (broad SMARTS) is 1.